The van der Waals surface area contributed by atoms with E-state index in [1.54, 1.807) is 6.08 Å². The molecule has 0 N–H and O–H groups in total. The molecule has 1 saturated heterocycles. The smallest absolute Gasteiger partial charge is 0.0912 e. The molecule has 1 rings (SSSR count). The molecule has 1 aliphatic heterocycles. The lowest BCUT2D eigenvalue weighted by Gasteiger charge is -2.03. The van der Waals surface area contributed by atoms with Gasteiger partial charge in [-0.1, -0.05) is 6.08 Å². The van der Waals surface area contributed by atoms with Gasteiger partial charge in [-0.05, 0) is 6.42 Å². The van der Waals surface area contributed by atoms with Gasteiger partial charge in [-0.3, -0.25) is 0 Å². The van der Waals surface area contributed by atoms with Crippen molar-refractivity contribution in [1.82, 2.24) is 0 Å². The molecule has 0 aromatic carbocycles. The maximum Gasteiger partial charge on any atom is 0.0912 e. The van der Waals surface area contributed by atoms with Gasteiger partial charge in [-0.15, -0.1) is 6.58 Å². The fraction of sp³-hybridized carbons (Fsp3) is 0.571. The van der Waals surface area contributed by atoms with E-state index in [1.807, 2.05) is 0 Å². The maximum atomic E-state index is 8.49. The molecule has 1 fully saturated rings. The Hall–Kier alpha value is -0.810. The highest BCUT2D eigenvalue weighted by atomic mass is 16.5. The Balaban J connectivity index is 2.53. The Morgan fingerprint density at radius 1 is 1.78 bits per heavy atom. The molecule has 0 aliphatic carbocycles. The summed E-state index contributed by atoms with van der Waals surface area (Å²) in [5.41, 5.74) is 0. The predicted octanol–water partition coefficient (Wildman–Crippen LogP) is 1.10. The van der Waals surface area contributed by atoms with Crippen LogP contribution in [0.2, 0.25) is 0 Å². The molecule has 0 aromatic heterocycles. The van der Waals surface area contributed by atoms with Crippen molar-refractivity contribution in [3.63, 3.8) is 0 Å². The summed E-state index contributed by atoms with van der Waals surface area (Å²) in [6, 6.07) is 2.17. The molecule has 0 unspecified atom stereocenters. The molecule has 48 valence electrons. The van der Waals surface area contributed by atoms with Crippen LogP contribution in [0.3, 0.4) is 0 Å². The van der Waals surface area contributed by atoms with Crippen LogP contribution in [0.5, 0.6) is 0 Å². The van der Waals surface area contributed by atoms with Gasteiger partial charge in [0.05, 0.1) is 18.1 Å². The molecule has 1 heterocycles. The van der Waals surface area contributed by atoms with Crippen LogP contribution in [0.4, 0.5) is 0 Å². The minimum atomic E-state index is -0.0185. The van der Waals surface area contributed by atoms with E-state index in [-0.39, 0.29) is 12.0 Å². The van der Waals surface area contributed by atoms with Gasteiger partial charge in [0.2, 0.25) is 0 Å². The number of hydrogen-bond donors (Lipinski definition) is 0. The molecule has 2 nitrogen and oxygen atoms in total. The van der Waals surface area contributed by atoms with Crippen molar-refractivity contribution in [2.45, 2.75) is 12.5 Å². The molecular formula is C7H9NO. The van der Waals surface area contributed by atoms with E-state index in [2.05, 4.69) is 12.6 Å². The highest BCUT2D eigenvalue weighted by Crippen LogP contribution is 2.19. The first-order chi connectivity index (χ1) is 4.38. The zero-order valence-corrected chi connectivity index (χ0v) is 5.21. The number of ether oxygens (including phenoxy) is 1. The van der Waals surface area contributed by atoms with E-state index in [4.69, 9.17) is 10.00 Å². The van der Waals surface area contributed by atoms with E-state index in [1.165, 1.54) is 0 Å². The number of rotatable bonds is 1. The summed E-state index contributed by atoms with van der Waals surface area (Å²) in [7, 11) is 0. The largest absolute Gasteiger partial charge is 0.373 e. The molecule has 2 heteroatoms. The first-order valence-electron chi connectivity index (χ1n) is 3.02. The second-order valence-electron chi connectivity index (χ2n) is 2.10. The Bertz CT molecular complexity index is 147. The first kappa shape index (κ1) is 6.31. The number of nitriles is 1. The molecule has 1 aliphatic rings. The standard InChI is InChI=1S/C7H9NO/c1-2-7-6(5-8)3-4-9-7/h2,6-7H,1,3-4H2/t6-,7+/m1/s1. The molecule has 0 amide bonds. The Morgan fingerprint density at radius 3 is 3.00 bits per heavy atom. The summed E-state index contributed by atoms with van der Waals surface area (Å²) in [5, 5.41) is 8.49. The van der Waals surface area contributed by atoms with Crippen LogP contribution < -0.4 is 0 Å². The van der Waals surface area contributed by atoms with Crippen LogP contribution in [0.1, 0.15) is 6.42 Å². The molecule has 0 saturated carbocycles. The molecule has 0 bridgehead atoms. The van der Waals surface area contributed by atoms with Gasteiger partial charge < -0.3 is 4.74 Å². The summed E-state index contributed by atoms with van der Waals surface area (Å²) in [6.07, 6.45) is 2.53. The molecule has 0 aromatic rings. The third-order valence-corrected chi connectivity index (χ3v) is 1.53. The van der Waals surface area contributed by atoms with Crippen LogP contribution in [-0.2, 0) is 4.74 Å². The van der Waals surface area contributed by atoms with Crippen molar-refractivity contribution < 1.29 is 4.74 Å². The maximum absolute atomic E-state index is 8.49. The van der Waals surface area contributed by atoms with Gasteiger partial charge in [-0.25, -0.2) is 0 Å². The van der Waals surface area contributed by atoms with E-state index in [0.29, 0.717) is 6.61 Å². The van der Waals surface area contributed by atoms with Gasteiger partial charge in [0, 0.05) is 6.61 Å². The van der Waals surface area contributed by atoms with E-state index < -0.39 is 0 Å². The minimum absolute atomic E-state index is 0.0185. The summed E-state index contributed by atoms with van der Waals surface area (Å²) in [5.74, 6) is 0.0440. The SMILES string of the molecule is C=C[C@@H]1OCC[C@@H]1C#N. The van der Waals surface area contributed by atoms with Crippen molar-refractivity contribution in [3.05, 3.63) is 12.7 Å². The average Bonchev–Trinajstić information content (AvgIpc) is 2.33. The van der Waals surface area contributed by atoms with E-state index >= 15 is 0 Å². The lowest BCUT2D eigenvalue weighted by Crippen LogP contribution is -2.09. The van der Waals surface area contributed by atoms with Crippen LogP contribution in [-0.4, -0.2) is 12.7 Å². The molecule has 2 atom stereocenters. The monoisotopic (exact) mass is 123 g/mol. The van der Waals surface area contributed by atoms with Gasteiger partial charge >= 0.3 is 0 Å². The quantitative estimate of drug-likeness (QED) is 0.489. The van der Waals surface area contributed by atoms with Crippen LogP contribution in [0.15, 0.2) is 12.7 Å². The zero-order valence-electron chi connectivity index (χ0n) is 5.21. The van der Waals surface area contributed by atoms with Crippen molar-refractivity contribution in [3.8, 4) is 6.07 Å². The van der Waals surface area contributed by atoms with Crippen molar-refractivity contribution in [2.24, 2.45) is 5.92 Å². The Labute approximate surface area is 54.7 Å². The van der Waals surface area contributed by atoms with E-state index in [9.17, 15) is 0 Å². The van der Waals surface area contributed by atoms with Gasteiger partial charge in [0.15, 0.2) is 0 Å². The average molecular weight is 123 g/mol. The fourth-order valence-corrected chi connectivity index (χ4v) is 0.982. The van der Waals surface area contributed by atoms with Gasteiger partial charge in [0.1, 0.15) is 0 Å². The van der Waals surface area contributed by atoms with Gasteiger partial charge in [0.25, 0.3) is 0 Å². The summed E-state index contributed by atoms with van der Waals surface area (Å²) in [4.78, 5) is 0. The van der Waals surface area contributed by atoms with E-state index in [0.717, 1.165) is 6.42 Å². The third kappa shape index (κ3) is 1.11. The normalized spacial score (nSPS) is 33.7. The highest BCUT2D eigenvalue weighted by Gasteiger charge is 2.24. The molecule has 9 heavy (non-hydrogen) atoms. The van der Waals surface area contributed by atoms with Crippen LogP contribution in [0.25, 0.3) is 0 Å². The van der Waals surface area contributed by atoms with Crippen molar-refractivity contribution in [2.75, 3.05) is 6.61 Å². The number of hydrogen-bond acceptors (Lipinski definition) is 2. The molecule has 0 spiro atoms. The highest BCUT2D eigenvalue weighted by molar-refractivity contribution is 4.99. The lowest BCUT2D eigenvalue weighted by atomic mass is 10.0. The predicted molar refractivity (Wildman–Crippen MR) is 33.7 cm³/mol. The summed E-state index contributed by atoms with van der Waals surface area (Å²) < 4.78 is 5.17. The lowest BCUT2D eigenvalue weighted by molar-refractivity contribution is 0.137. The Kier molecular flexibility index (Phi) is 1.86. The Morgan fingerprint density at radius 2 is 2.56 bits per heavy atom. The molecule has 0 radical (unpaired) electrons. The minimum Gasteiger partial charge on any atom is -0.373 e. The fourth-order valence-electron chi connectivity index (χ4n) is 0.982. The molecular weight excluding hydrogens is 114 g/mol. The topological polar surface area (TPSA) is 33.0 Å². The van der Waals surface area contributed by atoms with Gasteiger partial charge in [-0.2, -0.15) is 5.26 Å². The first-order valence-corrected chi connectivity index (χ1v) is 3.02. The third-order valence-electron chi connectivity index (χ3n) is 1.53. The summed E-state index contributed by atoms with van der Waals surface area (Å²) in [6.45, 7) is 4.27. The summed E-state index contributed by atoms with van der Waals surface area (Å²) >= 11 is 0. The van der Waals surface area contributed by atoms with Crippen molar-refractivity contribution in [1.29, 1.82) is 5.26 Å². The van der Waals surface area contributed by atoms with Crippen LogP contribution >= 0.6 is 0 Å². The van der Waals surface area contributed by atoms with Crippen molar-refractivity contribution >= 4 is 0 Å². The number of nitrogens with zero attached hydrogens (tertiary/aromatic N) is 1. The second kappa shape index (κ2) is 2.65. The zero-order chi connectivity index (χ0) is 6.69. The van der Waals surface area contributed by atoms with Crippen LogP contribution in [0, 0.1) is 17.2 Å². The second-order valence-corrected chi connectivity index (χ2v) is 2.10.